The maximum absolute atomic E-state index is 5.61. The van der Waals surface area contributed by atoms with Crippen LogP contribution in [-0.2, 0) is 0 Å². The van der Waals surface area contributed by atoms with E-state index in [4.69, 9.17) is 10.5 Å². The van der Waals surface area contributed by atoms with E-state index >= 15 is 0 Å². The first-order valence-corrected chi connectivity index (χ1v) is 5.56. The zero-order chi connectivity index (χ0) is 12.0. The highest BCUT2D eigenvalue weighted by atomic mass is 16.5. The Kier molecular flexibility index (Phi) is 4.98. The van der Waals surface area contributed by atoms with Gasteiger partial charge in [-0.1, -0.05) is 6.92 Å². The Bertz CT molecular complexity index is 319. The van der Waals surface area contributed by atoms with Crippen molar-refractivity contribution in [2.75, 3.05) is 25.1 Å². The molecule has 0 saturated heterocycles. The topological polar surface area (TPSA) is 64.3 Å². The Labute approximate surface area is 96.6 Å². The van der Waals surface area contributed by atoms with Gasteiger partial charge in [-0.2, -0.15) is 4.98 Å². The van der Waals surface area contributed by atoms with Crippen molar-refractivity contribution in [3.8, 4) is 5.88 Å². The lowest BCUT2D eigenvalue weighted by Crippen LogP contribution is -2.35. The highest BCUT2D eigenvalue weighted by Gasteiger charge is 2.10. The van der Waals surface area contributed by atoms with Crippen LogP contribution in [0.25, 0.3) is 0 Å². The Balaban J connectivity index is 2.73. The van der Waals surface area contributed by atoms with Gasteiger partial charge in [0.15, 0.2) is 5.82 Å². The fraction of sp³-hybridized carbons (Fsp3) is 0.636. The molecule has 0 aromatic carbocycles. The van der Waals surface area contributed by atoms with E-state index < -0.39 is 0 Å². The number of likely N-dealkylation sites (N-methyl/N-ethyl adjacent to an activating group) is 1. The summed E-state index contributed by atoms with van der Waals surface area (Å²) in [6.07, 6.45) is 4.30. The first kappa shape index (κ1) is 12.7. The highest BCUT2D eigenvalue weighted by molar-refractivity contribution is 5.37. The van der Waals surface area contributed by atoms with Crippen molar-refractivity contribution >= 4 is 5.82 Å². The largest absolute Gasteiger partial charge is 0.477 e. The minimum Gasteiger partial charge on any atom is -0.477 e. The molecule has 0 amide bonds. The molecule has 0 bridgehead atoms. The lowest BCUT2D eigenvalue weighted by Gasteiger charge is -2.24. The van der Waals surface area contributed by atoms with Gasteiger partial charge in [0, 0.05) is 19.6 Å². The van der Waals surface area contributed by atoms with Crippen LogP contribution in [0.5, 0.6) is 5.88 Å². The molecule has 0 saturated carbocycles. The lowest BCUT2D eigenvalue weighted by molar-refractivity contribution is 0.304. The van der Waals surface area contributed by atoms with E-state index in [1.165, 1.54) is 0 Å². The van der Waals surface area contributed by atoms with E-state index in [9.17, 15) is 0 Å². The zero-order valence-corrected chi connectivity index (χ0v) is 10.2. The van der Waals surface area contributed by atoms with Crippen LogP contribution >= 0.6 is 0 Å². The van der Waals surface area contributed by atoms with E-state index in [0.717, 1.165) is 12.2 Å². The summed E-state index contributed by atoms with van der Waals surface area (Å²) in [5, 5.41) is 0. The molecule has 0 radical (unpaired) electrons. The van der Waals surface area contributed by atoms with E-state index in [0.29, 0.717) is 19.0 Å². The molecule has 1 heterocycles. The van der Waals surface area contributed by atoms with Gasteiger partial charge in [-0.15, -0.1) is 0 Å². The maximum atomic E-state index is 5.61. The molecule has 1 rings (SSSR count). The van der Waals surface area contributed by atoms with Crippen LogP contribution in [0.2, 0.25) is 0 Å². The number of rotatable bonds is 6. The van der Waals surface area contributed by atoms with Gasteiger partial charge >= 0.3 is 0 Å². The molecule has 16 heavy (non-hydrogen) atoms. The Morgan fingerprint density at radius 2 is 2.25 bits per heavy atom. The molecule has 1 unspecified atom stereocenters. The summed E-state index contributed by atoms with van der Waals surface area (Å²) < 4.78 is 5.43. The normalized spacial score (nSPS) is 12.2. The molecular formula is C11H20N4O. The Morgan fingerprint density at radius 3 is 2.88 bits per heavy atom. The van der Waals surface area contributed by atoms with Gasteiger partial charge in [0.1, 0.15) is 0 Å². The summed E-state index contributed by atoms with van der Waals surface area (Å²) in [6, 6.07) is 0.232. The lowest BCUT2D eigenvalue weighted by atomic mass is 10.3. The van der Waals surface area contributed by atoms with Crippen LogP contribution in [0.15, 0.2) is 12.4 Å². The van der Waals surface area contributed by atoms with Crippen molar-refractivity contribution in [1.82, 2.24) is 9.97 Å². The molecule has 1 aromatic rings. The molecule has 2 N–H and O–H groups in total. The Hall–Kier alpha value is -1.36. The van der Waals surface area contributed by atoms with Crippen LogP contribution < -0.4 is 15.4 Å². The maximum Gasteiger partial charge on any atom is 0.234 e. The van der Waals surface area contributed by atoms with Crippen LogP contribution in [0.3, 0.4) is 0 Å². The molecule has 5 nitrogen and oxygen atoms in total. The van der Waals surface area contributed by atoms with Crippen LogP contribution in [0, 0.1) is 0 Å². The van der Waals surface area contributed by atoms with Crippen molar-refractivity contribution in [2.24, 2.45) is 5.73 Å². The summed E-state index contributed by atoms with van der Waals surface area (Å²) in [5.41, 5.74) is 5.61. The van der Waals surface area contributed by atoms with Crippen LogP contribution in [-0.4, -0.2) is 36.2 Å². The average Bonchev–Trinajstić information content (AvgIpc) is 2.34. The molecule has 90 valence electrons. The predicted molar refractivity (Wildman–Crippen MR) is 64.7 cm³/mol. The van der Waals surface area contributed by atoms with Crippen molar-refractivity contribution < 1.29 is 4.74 Å². The van der Waals surface area contributed by atoms with Gasteiger partial charge in [-0.3, -0.25) is 4.98 Å². The molecule has 0 aliphatic carbocycles. The quantitative estimate of drug-likeness (QED) is 0.782. The van der Waals surface area contributed by atoms with Gasteiger partial charge in [-0.25, -0.2) is 0 Å². The number of hydrogen-bond acceptors (Lipinski definition) is 5. The van der Waals surface area contributed by atoms with Gasteiger partial charge in [0.25, 0.3) is 0 Å². The second kappa shape index (κ2) is 6.27. The number of ether oxygens (including phenoxy) is 1. The average molecular weight is 224 g/mol. The fourth-order valence-corrected chi connectivity index (χ4v) is 1.17. The molecule has 0 fully saturated rings. The molecule has 0 aliphatic heterocycles. The van der Waals surface area contributed by atoms with Crippen LogP contribution in [0.1, 0.15) is 20.3 Å². The molecule has 0 spiro atoms. The number of nitrogens with two attached hydrogens (primary N) is 1. The fourth-order valence-electron chi connectivity index (χ4n) is 1.17. The summed E-state index contributed by atoms with van der Waals surface area (Å²) >= 11 is 0. The molecule has 1 aromatic heterocycles. The third-order valence-electron chi connectivity index (χ3n) is 2.42. The Morgan fingerprint density at radius 1 is 1.50 bits per heavy atom. The van der Waals surface area contributed by atoms with E-state index in [-0.39, 0.29) is 6.04 Å². The minimum atomic E-state index is 0.232. The van der Waals surface area contributed by atoms with E-state index in [1.807, 2.05) is 18.9 Å². The zero-order valence-electron chi connectivity index (χ0n) is 10.2. The summed E-state index contributed by atoms with van der Waals surface area (Å²) in [5.74, 6) is 1.35. The number of hydrogen-bond donors (Lipinski definition) is 1. The summed E-state index contributed by atoms with van der Waals surface area (Å²) in [4.78, 5) is 10.5. The van der Waals surface area contributed by atoms with Gasteiger partial charge in [0.05, 0.1) is 19.0 Å². The van der Waals surface area contributed by atoms with Crippen molar-refractivity contribution in [1.29, 1.82) is 0 Å². The van der Waals surface area contributed by atoms with E-state index in [1.54, 1.807) is 12.4 Å². The second-order valence-electron chi connectivity index (χ2n) is 3.76. The number of aromatic nitrogens is 2. The van der Waals surface area contributed by atoms with Crippen molar-refractivity contribution in [2.45, 2.75) is 26.3 Å². The van der Waals surface area contributed by atoms with Gasteiger partial charge in [0.2, 0.25) is 5.88 Å². The summed E-state index contributed by atoms with van der Waals surface area (Å²) in [6.45, 7) is 5.34. The molecular weight excluding hydrogens is 204 g/mol. The minimum absolute atomic E-state index is 0.232. The SMILES string of the molecule is CCCOc1cncc(N(C)C(C)CN)n1. The first-order valence-electron chi connectivity index (χ1n) is 5.56. The third kappa shape index (κ3) is 3.34. The van der Waals surface area contributed by atoms with Crippen molar-refractivity contribution in [3.63, 3.8) is 0 Å². The monoisotopic (exact) mass is 224 g/mol. The molecule has 5 heteroatoms. The molecule has 1 atom stereocenters. The smallest absolute Gasteiger partial charge is 0.234 e. The molecule has 0 aliphatic rings. The predicted octanol–water partition coefficient (Wildman–Crippen LogP) is 1.05. The first-order chi connectivity index (χ1) is 7.69. The van der Waals surface area contributed by atoms with Gasteiger partial charge in [-0.05, 0) is 13.3 Å². The van der Waals surface area contributed by atoms with E-state index in [2.05, 4.69) is 16.9 Å². The third-order valence-corrected chi connectivity index (χ3v) is 2.42. The summed E-state index contributed by atoms with van der Waals surface area (Å²) in [7, 11) is 1.95. The van der Waals surface area contributed by atoms with Gasteiger partial charge < -0.3 is 15.4 Å². The van der Waals surface area contributed by atoms with Crippen LogP contribution in [0.4, 0.5) is 5.82 Å². The number of anilines is 1. The second-order valence-corrected chi connectivity index (χ2v) is 3.76. The number of nitrogens with zero attached hydrogens (tertiary/aromatic N) is 3. The van der Waals surface area contributed by atoms with Crippen molar-refractivity contribution in [3.05, 3.63) is 12.4 Å². The highest BCUT2D eigenvalue weighted by Crippen LogP contribution is 2.14. The standard InChI is InChI=1S/C11H20N4O/c1-4-5-16-11-8-13-7-10(14-11)15(3)9(2)6-12/h7-9H,4-6,12H2,1-3H3.